The molecule has 4 atom stereocenters. The Morgan fingerprint density at radius 2 is 1.96 bits per heavy atom. The van der Waals surface area contributed by atoms with E-state index in [9.17, 15) is 4.79 Å². The second-order valence-corrected chi connectivity index (χ2v) is 13.7. The van der Waals surface area contributed by atoms with Crippen molar-refractivity contribution in [2.75, 3.05) is 19.0 Å². The van der Waals surface area contributed by atoms with Crippen LogP contribution in [0.1, 0.15) is 66.8 Å². The number of amides is 1. The van der Waals surface area contributed by atoms with Gasteiger partial charge < -0.3 is 25.3 Å². The molecule has 2 aliphatic heterocycles. The van der Waals surface area contributed by atoms with Crippen LogP contribution in [-0.2, 0) is 6.54 Å². The molecular formula is C35H39ClN8O2. The van der Waals surface area contributed by atoms with E-state index >= 15 is 0 Å². The number of carbonyl (C=O) groups is 1. The van der Waals surface area contributed by atoms with Crippen molar-refractivity contribution in [2.24, 2.45) is 17.6 Å². The Hall–Kier alpha value is -4.15. The van der Waals surface area contributed by atoms with Crippen LogP contribution in [0.5, 0.6) is 5.88 Å². The minimum atomic E-state index is -0.0777. The highest BCUT2D eigenvalue weighted by Crippen LogP contribution is 2.39. The van der Waals surface area contributed by atoms with E-state index in [0.717, 1.165) is 66.2 Å². The fourth-order valence-corrected chi connectivity index (χ4v) is 7.63. The predicted octanol–water partition coefficient (Wildman–Crippen LogP) is 6.25. The maximum atomic E-state index is 13.9. The highest BCUT2D eigenvalue weighted by molar-refractivity contribution is 6.29. The number of ether oxygens (including phenoxy) is 1. The zero-order valence-corrected chi connectivity index (χ0v) is 27.2. The number of anilines is 1. The average Bonchev–Trinajstić information content (AvgIpc) is 3.73. The first kappa shape index (κ1) is 29.3. The highest BCUT2D eigenvalue weighted by Gasteiger charge is 2.41. The molecule has 5 aromatic rings. The average molecular weight is 639 g/mol. The Morgan fingerprint density at radius 3 is 2.67 bits per heavy atom. The third-order valence-corrected chi connectivity index (χ3v) is 10.4. The Bertz CT molecular complexity index is 1980. The third-order valence-electron chi connectivity index (χ3n) is 10.2. The Labute approximate surface area is 272 Å². The molecule has 1 amide bonds. The summed E-state index contributed by atoms with van der Waals surface area (Å²) in [6.07, 6.45) is 5.41. The number of nitrogens with two attached hydrogens (primary N) is 1. The minimum Gasteiger partial charge on any atom is -0.482 e. The van der Waals surface area contributed by atoms with Gasteiger partial charge in [0.1, 0.15) is 28.0 Å². The minimum absolute atomic E-state index is 0.0277. The van der Waals surface area contributed by atoms with Crippen LogP contribution in [-0.4, -0.2) is 60.5 Å². The Balaban J connectivity index is 1.18. The number of pyridine rings is 3. The molecule has 7 heterocycles. The number of nitrogens with one attached hydrogen (secondary N) is 1. The van der Waals surface area contributed by atoms with Crippen LogP contribution in [0.4, 0.5) is 5.82 Å². The number of carbonyl (C=O) groups excluding carboxylic acids is 1. The van der Waals surface area contributed by atoms with Gasteiger partial charge in [-0.15, -0.1) is 0 Å². The molecule has 0 aromatic carbocycles. The fourth-order valence-electron chi connectivity index (χ4n) is 7.47. The summed E-state index contributed by atoms with van der Waals surface area (Å²) in [7, 11) is 1.65. The van der Waals surface area contributed by atoms with Crippen molar-refractivity contribution in [3.63, 3.8) is 0 Å². The summed E-state index contributed by atoms with van der Waals surface area (Å²) in [4.78, 5) is 30.6. The van der Waals surface area contributed by atoms with Gasteiger partial charge in [-0.05, 0) is 94.2 Å². The largest absolute Gasteiger partial charge is 0.482 e. The molecule has 0 unspecified atom stereocenters. The van der Waals surface area contributed by atoms with E-state index in [1.165, 1.54) is 12.8 Å². The molecule has 4 aliphatic rings. The first-order valence-corrected chi connectivity index (χ1v) is 16.7. The van der Waals surface area contributed by atoms with Gasteiger partial charge in [-0.25, -0.2) is 15.0 Å². The molecule has 5 aromatic heterocycles. The Kier molecular flexibility index (Phi) is 7.17. The molecule has 238 valence electrons. The molecule has 9 rings (SSSR count). The van der Waals surface area contributed by atoms with Crippen molar-refractivity contribution in [1.82, 2.24) is 28.8 Å². The number of fused-ring (bicyclic) bond motifs is 5. The number of hydrogen-bond acceptors (Lipinski definition) is 7. The lowest BCUT2D eigenvalue weighted by Gasteiger charge is -2.48. The van der Waals surface area contributed by atoms with Crippen molar-refractivity contribution in [3.05, 3.63) is 70.6 Å². The number of halogens is 1. The zero-order valence-electron chi connectivity index (χ0n) is 26.4. The van der Waals surface area contributed by atoms with E-state index in [0.29, 0.717) is 39.9 Å². The van der Waals surface area contributed by atoms with Crippen LogP contribution in [0.25, 0.3) is 28.1 Å². The smallest absolute Gasteiger partial charge is 0.254 e. The second kappa shape index (κ2) is 11.3. The molecule has 2 aliphatic carbocycles. The van der Waals surface area contributed by atoms with Crippen molar-refractivity contribution in [2.45, 2.75) is 70.6 Å². The summed E-state index contributed by atoms with van der Waals surface area (Å²) in [6.45, 7) is 5.73. The van der Waals surface area contributed by atoms with Crippen molar-refractivity contribution >= 4 is 40.0 Å². The van der Waals surface area contributed by atoms with Gasteiger partial charge in [0.25, 0.3) is 5.91 Å². The first-order chi connectivity index (χ1) is 22.3. The number of nitrogens with zero attached hydrogens (tertiary/aromatic N) is 6. The summed E-state index contributed by atoms with van der Waals surface area (Å²) >= 11 is 6.12. The summed E-state index contributed by atoms with van der Waals surface area (Å²) < 4.78 is 10.2. The molecule has 0 spiro atoms. The molecule has 2 bridgehead atoms. The maximum Gasteiger partial charge on any atom is 0.254 e. The summed E-state index contributed by atoms with van der Waals surface area (Å²) in [6, 6.07) is 16.0. The molecule has 3 N–H and O–H groups in total. The molecule has 2 saturated carbocycles. The summed E-state index contributed by atoms with van der Waals surface area (Å²) in [5.74, 6) is 2.32. The lowest BCUT2D eigenvalue weighted by atomic mass is 9.76. The van der Waals surface area contributed by atoms with Gasteiger partial charge in [0.2, 0.25) is 0 Å². The highest BCUT2D eigenvalue weighted by atomic mass is 35.5. The van der Waals surface area contributed by atoms with Crippen LogP contribution >= 0.6 is 11.6 Å². The van der Waals surface area contributed by atoms with Crippen LogP contribution in [0.2, 0.25) is 5.15 Å². The molecular weight excluding hydrogens is 600 g/mol. The molecule has 46 heavy (non-hydrogen) atoms. The van der Waals surface area contributed by atoms with E-state index in [1.807, 2.05) is 33.6 Å². The molecule has 11 heteroatoms. The SMILES string of the molecule is COc1cc(C(=O)N2C[C@H]3CC[C@H]2C[C@H]3N)cc2nc(-c3cc4ccc([C@@H](C)Nc5cccc(Cl)n5)nc4n3CC3CC3)c(C)n12. The monoisotopic (exact) mass is 638 g/mol. The number of imidazole rings is 1. The van der Waals surface area contributed by atoms with E-state index in [4.69, 9.17) is 32.0 Å². The topological polar surface area (TPSA) is 116 Å². The van der Waals surface area contributed by atoms with Crippen molar-refractivity contribution in [1.29, 1.82) is 0 Å². The van der Waals surface area contributed by atoms with Gasteiger partial charge in [0.15, 0.2) is 5.88 Å². The van der Waals surface area contributed by atoms with E-state index in [-0.39, 0.29) is 24.0 Å². The third kappa shape index (κ3) is 5.08. The van der Waals surface area contributed by atoms with Crippen LogP contribution in [0.15, 0.2) is 48.5 Å². The van der Waals surface area contributed by atoms with Crippen molar-refractivity contribution in [3.8, 4) is 17.3 Å². The van der Waals surface area contributed by atoms with Gasteiger partial charge in [0, 0.05) is 42.2 Å². The number of rotatable bonds is 8. The van der Waals surface area contributed by atoms with Gasteiger partial charge in [-0.3, -0.25) is 9.20 Å². The van der Waals surface area contributed by atoms with Gasteiger partial charge >= 0.3 is 0 Å². The summed E-state index contributed by atoms with van der Waals surface area (Å²) in [5.41, 5.74) is 12.3. The number of aromatic nitrogens is 5. The lowest BCUT2D eigenvalue weighted by Crippen LogP contribution is -2.58. The molecule has 4 fully saturated rings. The van der Waals surface area contributed by atoms with E-state index in [2.05, 4.69) is 46.9 Å². The van der Waals surface area contributed by atoms with Crippen LogP contribution < -0.4 is 15.8 Å². The number of methoxy groups -OCH3 is 1. The van der Waals surface area contributed by atoms with E-state index < -0.39 is 0 Å². The molecule has 0 radical (unpaired) electrons. The quantitative estimate of drug-likeness (QED) is 0.193. The van der Waals surface area contributed by atoms with Crippen LogP contribution in [0.3, 0.4) is 0 Å². The number of piperidine rings is 2. The van der Waals surface area contributed by atoms with Gasteiger partial charge in [0.05, 0.1) is 30.2 Å². The Morgan fingerprint density at radius 1 is 1.11 bits per heavy atom. The van der Waals surface area contributed by atoms with Gasteiger partial charge in [-0.1, -0.05) is 17.7 Å². The second-order valence-electron chi connectivity index (χ2n) is 13.3. The zero-order chi connectivity index (χ0) is 31.7. The normalized spacial score (nSPS) is 21.7. The van der Waals surface area contributed by atoms with Crippen molar-refractivity contribution < 1.29 is 9.53 Å². The standard InChI is InChI=1S/C35H39ClN8O2/c1-19(38-30-6-4-5-29(36)40-30)27-12-10-22-13-28(43(34(22)39-27)17-21-7-8-21)33-20(2)44-31(41-33)14-24(15-32(44)46-3)35(45)42-18-23-9-11-25(42)16-26(23)37/h4-6,10,12-15,19,21,23,25-26H,7-9,11,16-18,37H2,1-3H3,(H,38,40)/t19-,23-,25+,26-/m1/s1. The lowest BCUT2D eigenvalue weighted by molar-refractivity contribution is 0.0261. The summed E-state index contributed by atoms with van der Waals surface area (Å²) in [5, 5.41) is 4.94. The fraction of sp³-hybridized carbons (Fsp3) is 0.429. The van der Waals surface area contributed by atoms with Crippen LogP contribution in [0, 0.1) is 18.8 Å². The number of hydrogen-bond donors (Lipinski definition) is 2. The molecule has 10 nitrogen and oxygen atoms in total. The maximum absolute atomic E-state index is 13.9. The van der Waals surface area contributed by atoms with E-state index in [1.54, 1.807) is 13.2 Å². The number of aryl methyl sites for hydroxylation is 1. The molecule has 2 saturated heterocycles. The first-order valence-electron chi connectivity index (χ1n) is 16.3. The van der Waals surface area contributed by atoms with Gasteiger partial charge in [-0.2, -0.15) is 0 Å². The predicted molar refractivity (Wildman–Crippen MR) is 179 cm³/mol.